The van der Waals surface area contributed by atoms with Crippen molar-refractivity contribution in [2.24, 2.45) is 0 Å². The van der Waals surface area contributed by atoms with E-state index >= 15 is 0 Å². The van der Waals surface area contributed by atoms with Gasteiger partial charge in [0.05, 0.1) is 13.2 Å². The molecule has 6 nitrogen and oxygen atoms in total. The van der Waals surface area contributed by atoms with Crippen LogP contribution in [0.1, 0.15) is 37.0 Å². The molecule has 0 bridgehead atoms. The van der Waals surface area contributed by atoms with E-state index in [1.165, 1.54) is 31.2 Å². The SMILES string of the molecule is CCCCOc1ccc(N[C@@](NC(=O)c2cccc(F)c2)(C(=O)OCC)C(F)(F)F)cc1. The van der Waals surface area contributed by atoms with Gasteiger partial charge < -0.3 is 20.1 Å². The van der Waals surface area contributed by atoms with Crippen LogP contribution in [-0.2, 0) is 9.53 Å². The Morgan fingerprint density at radius 3 is 2.28 bits per heavy atom. The quantitative estimate of drug-likeness (QED) is 0.235. The number of benzene rings is 2. The van der Waals surface area contributed by atoms with Gasteiger partial charge in [-0.15, -0.1) is 0 Å². The number of carbonyl (C=O) groups excluding carboxylic acids is 2. The molecule has 0 aliphatic heterocycles. The van der Waals surface area contributed by atoms with Gasteiger partial charge in [0.15, 0.2) is 0 Å². The molecule has 0 heterocycles. The number of anilines is 1. The van der Waals surface area contributed by atoms with Crippen LogP contribution >= 0.6 is 0 Å². The van der Waals surface area contributed by atoms with Gasteiger partial charge in [0.2, 0.25) is 0 Å². The van der Waals surface area contributed by atoms with Gasteiger partial charge in [0.1, 0.15) is 11.6 Å². The van der Waals surface area contributed by atoms with Gasteiger partial charge >= 0.3 is 17.8 Å². The van der Waals surface area contributed by atoms with E-state index in [9.17, 15) is 27.2 Å². The van der Waals surface area contributed by atoms with Crippen molar-refractivity contribution >= 4 is 17.6 Å². The summed E-state index contributed by atoms with van der Waals surface area (Å²) in [5, 5.41) is 3.70. The van der Waals surface area contributed by atoms with Gasteiger partial charge in [-0.2, -0.15) is 13.2 Å². The highest BCUT2D eigenvalue weighted by atomic mass is 19.4. The van der Waals surface area contributed by atoms with E-state index in [1.807, 2.05) is 12.2 Å². The van der Waals surface area contributed by atoms with E-state index in [4.69, 9.17) is 4.74 Å². The van der Waals surface area contributed by atoms with Crippen LogP contribution in [0.15, 0.2) is 48.5 Å². The Morgan fingerprint density at radius 2 is 1.72 bits per heavy atom. The third-order valence-corrected chi connectivity index (χ3v) is 4.35. The number of esters is 1. The summed E-state index contributed by atoms with van der Waals surface area (Å²) in [5.74, 6) is -3.47. The fourth-order valence-electron chi connectivity index (χ4n) is 2.69. The molecule has 2 N–H and O–H groups in total. The molecule has 174 valence electrons. The maximum absolute atomic E-state index is 14.2. The zero-order valence-corrected chi connectivity index (χ0v) is 17.6. The van der Waals surface area contributed by atoms with Crippen molar-refractivity contribution in [3.05, 3.63) is 59.9 Å². The first kappa shape index (κ1) is 25.0. The zero-order chi connectivity index (χ0) is 23.8. The standard InChI is InChI=1S/C22H24F4N2O4/c1-3-5-13-32-18-11-9-17(10-12-18)27-21(22(24,25)26,20(30)31-4-2)28-19(29)15-7-6-8-16(23)14-15/h6-12,14,27H,3-5,13H2,1-2H3,(H,28,29)/t21-/m1/s1. The summed E-state index contributed by atoms with van der Waals surface area (Å²) in [7, 11) is 0. The van der Waals surface area contributed by atoms with E-state index in [0.29, 0.717) is 12.4 Å². The predicted octanol–water partition coefficient (Wildman–Crippen LogP) is 4.67. The van der Waals surface area contributed by atoms with Gasteiger partial charge in [-0.1, -0.05) is 19.4 Å². The highest BCUT2D eigenvalue weighted by Gasteiger charge is 2.63. The summed E-state index contributed by atoms with van der Waals surface area (Å²) < 4.78 is 66.1. The predicted molar refractivity (Wildman–Crippen MR) is 110 cm³/mol. The van der Waals surface area contributed by atoms with E-state index in [0.717, 1.165) is 37.1 Å². The van der Waals surface area contributed by atoms with Crippen molar-refractivity contribution in [1.29, 1.82) is 0 Å². The highest BCUT2D eigenvalue weighted by molar-refractivity contribution is 5.99. The molecule has 0 radical (unpaired) electrons. The number of hydrogen-bond donors (Lipinski definition) is 2. The fraction of sp³-hybridized carbons (Fsp3) is 0.364. The van der Waals surface area contributed by atoms with Gasteiger partial charge in [0.25, 0.3) is 5.91 Å². The van der Waals surface area contributed by atoms with E-state index in [2.05, 4.69) is 4.74 Å². The van der Waals surface area contributed by atoms with Crippen molar-refractivity contribution in [3.63, 3.8) is 0 Å². The van der Waals surface area contributed by atoms with Crippen LogP contribution in [0.4, 0.5) is 23.2 Å². The molecule has 0 saturated heterocycles. The van der Waals surface area contributed by atoms with Crippen LogP contribution in [0.25, 0.3) is 0 Å². The van der Waals surface area contributed by atoms with E-state index in [1.54, 1.807) is 5.32 Å². The number of ether oxygens (including phenoxy) is 2. The Hall–Kier alpha value is -3.30. The average Bonchev–Trinajstić information content (AvgIpc) is 2.74. The number of alkyl halides is 3. The first-order valence-corrected chi connectivity index (χ1v) is 9.96. The maximum atomic E-state index is 14.2. The fourth-order valence-corrected chi connectivity index (χ4v) is 2.69. The Labute approximate surface area is 182 Å². The molecule has 2 aromatic rings. The number of halogens is 4. The molecule has 1 amide bonds. The molecule has 2 rings (SSSR count). The van der Waals surface area contributed by atoms with Crippen LogP contribution in [0, 0.1) is 5.82 Å². The van der Waals surface area contributed by atoms with Crippen LogP contribution in [0.2, 0.25) is 0 Å². The van der Waals surface area contributed by atoms with Crippen molar-refractivity contribution in [2.45, 2.75) is 38.5 Å². The highest BCUT2D eigenvalue weighted by Crippen LogP contribution is 2.34. The van der Waals surface area contributed by atoms with Gasteiger partial charge in [-0.05, 0) is 55.8 Å². The van der Waals surface area contributed by atoms with Crippen LogP contribution < -0.4 is 15.4 Å². The minimum absolute atomic E-state index is 0.127. The average molecular weight is 456 g/mol. The molecule has 1 atom stereocenters. The van der Waals surface area contributed by atoms with Crippen molar-refractivity contribution < 1.29 is 36.6 Å². The lowest BCUT2D eigenvalue weighted by atomic mass is 10.1. The first-order chi connectivity index (χ1) is 15.1. The van der Waals surface area contributed by atoms with Gasteiger partial charge in [-0.3, -0.25) is 4.79 Å². The number of nitrogens with one attached hydrogen (secondary N) is 2. The molecular weight excluding hydrogens is 432 g/mol. The minimum Gasteiger partial charge on any atom is -0.494 e. The largest absolute Gasteiger partial charge is 0.494 e. The summed E-state index contributed by atoms with van der Waals surface area (Å²) in [6.07, 6.45) is -3.58. The number of amides is 1. The Kier molecular flexibility index (Phi) is 8.45. The molecule has 0 aliphatic rings. The van der Waals surface area contributed by atoms with E-state index in [-0.39, 0.29) is 12.3 Å². The number of rotatable bonds is 10. The van der Waals surface area contributed by atoms with Gasteiger partial charge in [0, 0.05) is 11.3 Å². The molecular formula is C22H24F4N2O4. The first-order valence-electron chi connectivity index (χ1n) is 9.96. The van der Waals surface area contributed by atoms with E-state index < -0.39 is 35.1 Å². The molecule has 2 aromatic carbocycles. The lowest BCUT2D eigenvalue weighted by Crippen LogP contribution is -2.69. The molecule has 0 fully saturated rings. The molecule has 0 spiro atoms. The molecule has 0 aromatic heterocycles. The molecule has 0 aliphatic carbocycles. The Balaban J connectivity index is 2.38. The summed E-state index contributed by atoms with van der Waals surface area (Å²) in [5.41, 5.74) is -4.14. The normalized spacial score (nSPS) is 13.1. The molecule has 0 unspecified atom stereocenters. The molecule has 32 heavy (non-hydrogen) atoms. The van der Waals surface area contributed by atoms with Crippen LogP contribution in [0.5, 0.6) is 5.75 Å². The van der Waals surface area contributed by atoms with Crippen LogP contribution in [-0.4, -0.2) is 36.9 Å². The summed E-state index contributed by atoms with van der Waals surface area (Å²) in [6, 6.07) is 9.47. The third-order valence-electron chi connectivity index (χ3n) is 4.35. The Bertz CT molecular complexity index is 919. The second kappa shape index (κ2) is 10.8. The second-order valence-electron chi connectivity index (χ2n) is 6.78. The number of hydrogen-bond acceptors (Lipinski definition) is 5. The van der Waals surface area contributed by atoms with Crippen LogP contribution in [0.3, 0.4) is 0 Å². The third kappa shape index (κ3) is 6.12. The van der Waals surface area contributed by atoms with Gasteiger partial charge in [-0.25, -0.2) is 9.18 Å². The summed E-state index contributed by atoms with van der Waals surface area (Å²) in [6.45, 7) is 3.40. The Morgan fingerprint density at radius 1 is 1.03 bits per heavy atom. The van der Waals surface area contributed by atoms with Crippen molar-refractivity contribution in [1.82, 2.24) is 5.32 Å². The monoisotopic (exact) mass is 456 g/mol. The minimum atomic E-state index is -5.31. The smallest absolute Gasteiger partial charge is 0.441 e. The lowest BCUT2D eigenvalue weighted by Gasteiger charge is -2.35. The second-order valence-corrected chi connectivity index (χ2v) is 6.78. The molecule has 10 heteroatoms. The topological polar surface area (TPSA) is 76.7 Å². The number of carbonyl (C=O) groups is 2. The lowest BCUT2D eigenvalue weighted by molar-refractivity contribution is -0.204. The van der Waals surface area contributed by atoms with Crippen molar-refractivity contribution in [2.75, 3.05) is 18.5 Å². The number of unbranched alkanes of at least 4 members (excludes halogenated alkanes) is 1. The summed E-state index contributed by atoms with van der Waals surface area (Å²) >= 11 is 0. The van der Waals surface area contributed by atoms with Crippen molar-refractivity contribution in [3.8, 4) is 5.75 Å². The maximum Gasteiger partial charge on any atom is 0.441 e. The summed E-state index contributed by atoms with van der Waals surface area (Å²) in [4.78, 5) is 25.0. The molecule has 0 saturated carbocycles. The zero-order valence-electron chi connectivity index (χ0n) is 17.6.